The molecule has 0 radical (unpaired) electrons. The van der Waals surface area contributed by atoms with Crippen LogP contribution in [0.2, 0.25) is 0 Å². The van der Waals surface area contributed by atoms with Gasteiger partial charge in [0, 0.05) is 24.3 Å². The largest absolute Gasteiger partial charge is 0.387 e. The van der Waals surface area contributed by atoms with Gasteiger partial charge in [-0.15, -0.1) is 0 Å². The molecule has 5 heteroatoms. The number of nitrogens with one attached hydrogen (secondary N) is 1. The quantitative estimate of drug-likeness (QED) is 0.621. The summed E-state index contributed by atoms with van der Waals surface area (Å²) >= 11 is 1.56. The molecule has 0 aliphatic heterocycles. The van der Waals surface area contributed by atoms with Crippen LogP contribution in [0, 0.1) is 0 Å². The fourth-order valence-corrected chi connectivity index (χ4v) is 1.90. The van der Waals surface area contributed by atoms with Crippen LogP contribution in [-0.2, 0) is 4.79 Å². The maximum Gasteiger partial charge on any atom is 0.220 e. The van der Waals surface area contributed by atoms with Gasteiger partial charge in [0.25, 0.3) is 0 Å². The van der Waals surface area contributed by atoms with Gasteiger partial charge in [-0.3, -0.25) is 4.79 Å². The lowest BCUT2D eigenvalue weighted by Crippen LogP contribution is -2.43. The monoisotopic (exact) mass is 248 g/mol. The first-order valence-electron chi connectivity index (χ1n) is 5.43. The standard InChI is InChI=1S/C11H24N2O2S/c1-10(2,12)6-5-9(14)13-7-11(3,15)8-16-4/h15H,5-8,12H2,1-4H3,(H,13,14). The molecule has 0 bridgehead atoms. The molecule has 0 spiro atoms. The van der Waals surface area contributed by atoms with Gasteiger partial charge in [-0.05, 0) is 33.4 Å². The average molecular weight is 248 g/mol. The highest BCUT2D eigenvalue weighted by atomic mass is 32.2. The lowest BCUT2D eigenvalue weighted by Gasteiger charge is -2.23. The number of carbonyl (C=O) groups excluding carboxylic acids is 1. The average Bonchev–Trinajstić information content (AvgIpc) is 2.10. The Morgan fingerprint density at radius 2 is 2.00 bits per heavy atom. The molecule has 1 atom stereocenters. The predicted molar refractivity (Wildman–Crippen MR) is 69.5 cm³/mol. The number of rotatable bonds is 7. The maximum absolute atomic E-state index is 11.5. The van der Waals surface area contributed by atoms with Crippen LogP contribution >= 0.6 is 11.8 Å². The number of aliphatic hydroxyl groups is 1. The van der Waals surface area contributed by atoms with Crippen LogP contribution in [0.5, 0.6) is 0 Å². The maximum atomic E-state index is 11.5. The first-order valence-corrected chi connectivity index (χ1v) is 6.82. The van der Waals surface area contributed by atoms with Crippen molar-refractivity contribution in [3.63, 3.8) is 0 Å². The highest BCUT2D eigenvalue weighted by Crippen LogP contribution is 2.10. The molecule has 0 aromatic rings. The summed E-state index contributed by atoms with van der Waals surface area (Å²) in [7, 11) is 0. The molecule has 0 aromatic carbocycles. The van der Waals surface area contributed by atoms with E-state index >= 15 is 0 Å². The van der Waals surface area contributed by atoms with Crippen LogP contribution in [0.1, 0.15) is 33.6 Å². The minimum Gasteiger partial charge on any atom is -0.387 e. The van der Waals surface area contributed by atoms with E-state index in [0.717, 1.165) is 0 Å². The van der Waals surface area contributed by atoms with Crippen molar-refractivity contribution < 1.29 is 9.90 Å². The molecule has 96 valence electrons. The van der Waals surface area contributed by atoms with Crippen LogP contribution in [-0.4, -0.2) is 40.7 Å². The smallest absolute Gasteiger partial charge is 0.220 e. The lowest BCUT2D eigenvalue weighted by atomic mass is 10.00. The Morgan fingerprint density at radius 1 is 1.44 bits per heavy atom. The van der Waals surface area contributed by atoms with E-state index in [2.05, 4.69) is 5.32 Å². The molecule has 0 saturated carbocycles. The molecule has 0 rings (SSSR count). The van der Waals surface area contributed by atoms with E-state index in [1.54, 1.807) is 18.7 Å². The summed E-state index contributed by atoms with van der Waals surface area (Å²) in [6, 6.07) is 0. The van der Waals surface area contributed by atoms with Crippen LogP contribution in [0.15, 0.2) is 0 Å². The molecule has 0 fully saturated rings. The van der Waals surface area contributed by atoms with E-state index in [1.165, 1.54) is 0 Å². The first-order chi connectivity index (χ1) is 7.16. The summed E-state index contributed by atoms with van der Waals surface area (Å²) in [4.78, 5) is 11.5. The van der Waals surface area contributed by atoms with Crippen LogP contribution < -0.4 is 11.1 Å². The van der Waals surface area contributed by atoms with Crippen LogP contribution in [0.3, 0.4) is 0 Å². The first kappa shape index (κ1) is 15.7. The summed E-state index contributed by atoms with van der Waals surface area (Å²) < 4.78 is 0. The van der Waals surface area contributed by atoms with Crippen molar-refractivity contribution in [1.29, 1.82) is 0 Å². The molecule has 0 heterocycles. The third-order valence-corrected chi connectivity index (χ3v) is 3.03. The number of hydrogen-bond donors (Lipinski definition) is 3. The minimum absolute atomic E-state index is 0.0556. The fourth-order valence-electron chi connectivity index (χ4n) is 1.18. The molecule has 0 aliphatic carbocycles. The number of thioether (sulfide) groups is 1. The van der Waals surface area contributed by atoms with Crippen molar-refractivity contribution >= 4 is 17.7 Å². The van der Waals surface area contributed by atoms with Gasteiger partial charge in [0.1, 0.15) is 0 Å². The van der Waals surface area contributed by atoms with Crippen molar-refractivity contribution in [3.8, 4) is 0 Å². The van der Waals surface area contributed by atoms with Gasteiger partial charge >= 0.3 is 0 Å². The number of carbonyl (C=O) groups is 1. The van der Waals surface area contributed by atoms with Gasteiger partial charge in [0.05, 0.1) is 5.60 Å². The second-order valence-electron chi connectivity index (χ2n) is 5.20. The fraction of sp³-hybridized carbons (Fsp3) is 0.909. The lowest BCUT2D eigenvalue weighted by molar-refractivity contribution is -0.122. The normalized spacial score (nSPS) is 15.6. The van der Waals surface area contributed by atoms with E-state index in [4.69, 9.17) is 5.73 Å². The Kier molecular flexibility index (Phi) is 6.36. The summed E-state index contributed by atoms with van der Waals surface area (Å²) in [5.41, 5.74) is 4.62. The van der Waals surface area contributed by atoms with Crippen molar-refractivity contribution in [2.45, 2.75) is 44.8 Å². The summed E-state index contributed by atoms with van der Waals surface area (Å²) in [5.74, 6) is 0.551. The second kappa shape index (κ2) is 6.47. The summed E-state index contributed by atoms with van der Waals surface area (Å²) in [6.45, 7) is 5.79. The van der Waals surface area contributed by atoms with Crippen molar-refractivity contribution in [2.24, 2.45) is 5.73 Å². The van der Waals surface area contributed by atoms with Crippen LogP contribution in [0.25, 0.3) is 0 Å². The Labute approximate surface area is 102 Å². The number of amides is 1. The molecule has 0 aromatic heterocycles. The number of nitrogens with two attached hydrogens (primary N) is 1. The van der Waals surface area contributed by atoms with E-state index in [-0.39, 0.29) is 18.0 Å². The van der Waals surface area contributed by atoms with Gasteiger partial charge in [-0.2, -0.15) is 11.8 Å². The zero-order valence-electron chi connectivity index (χ0n) is 10.7. The Morgan fingerprint density at radius 3 is 2.44 bits per heavy atom. The molecule has 1 unspecified atom stereocenters. The molecule has 0 aliphatic rings. The summed E-state index contributed by atoms with van der Waals surface area (Å²) in [5, 5.41) is 12.6. The zero-order valence-corrected chi connectivity index (χ0v) is 11.5. The van der Waals surface area contributed by atoms with E-state index < -0.39 is 5.60 Å². The summed E-state index contributed by atoms with van der Waals surface area (Å²) in [6.07, 6.45) is 2.97. The molecule has 0 saturated heterocycles. The third kappa shape index (κ3) is 9.00. The second-order valence-corrected chi connectivity index (χ2v) is 6.06. The van der Waals surface area contributed by atoms with Crippen LogP contribution in [0.4, 0.5) is 0 Å². The van der Waals surface area contributed by atoms with Crippen molar-refractivity contribution in [2.75, 3.05) is 18.6 Å². The Hall–Kier alpha value is -0.260. The SMILES string of the molecule is CSCC(C)(O)CNC(=O)CCC(C)(C)N. The van der Waals surface area contributed by atoms with Gasteiger partial charge in [0.15, 0.2) is 0 Å². The molecule has 1 amide bonds. The molecule has 4 N–H and O–H groups in total. The van der Waals surface area contributed by atoms with Gasteiger partial charge < -0.3 is 16.2 Å². The molecule has 4 nitrogen and oxygen atoms in total. The van der Waals surface area contributed by atoms with E-state index in [0.29, 0.717) is 18.6 Å². The number of hydrogen-bond acceptors (Lipinski definition) is 4. The van der Waals surface area contributed by atoms with Gasteiger partial charge in [-0.25, -0.2) is 0 Å². The third-order valence-electron chi connectivity index (χ3n) is 2.12. The highest BCUT2D eigenvalue weighted by Gasteiger charge is 2.21. The van der Waals surface area contributed by atoms with Crippen molar-refractivity contribution in [3.05, 3.63) is 0 Å². The predicted octanol–water partition coefficient (Wildman–Crippen LogP) is 0.734. The molecular weight excluding hydrogens is 224 g/mol. The highest BCUT2D eigenvalue weighted by molar-refractivity contribution is 7.98. The molecule has 16 heavy (non-hydrogen) atoms. The van der Waals surface area contributed by atoms with E-state index in [1.807, 2.05) is 20.1 Å². The molecular formula is C11H24N2O2S. The topological polar surface area (TPSA) is 75.3 Å². The Balaban J connectivity index is 3.81. The minimum atomic E-state index is -0.840. The zero-order chi connectivity index (χ0) is 12.8. The van der Waals surface area contributed by atoms with Gasteiger partial charge in [0.2, 0.25) is 5.91 Å². The van der Waals surface area contributed by atoms with E-state index in [9.17, 15) is 9.90 Å². The van der Waals surface area contributed by atoms with Gasteiger partial charge in [-0.1, -0.05) is 0 Å². The Bertz CT molecular complexity index is 225. The van der Waals surface area contributed by atoms with Crippen molar-refractivity contribution in [1.82, 2.24) is 5.32 Å².